The van der Waals surface area contributed by atoms with Gasteiger partial charge in [-0.1, -0.05) is 48.5 Å². The zero-order chi connectivity index (χ0) is 17.6. The van der Waals surface area contributed by atoms with E-state index in [9.17, 15) is 4.79 Å². The number of rotatable bonds is 6. The second-order valence-electron chi connectivity index (χ2n) is 5.92. The van der Waals surface area contributed by atoms with Crippen LogP contribution >= 0.6 is 11.8 Å². The molecule has 0 aliphatic carbocycles. The topological polar surface area (TPSA) is 33.5 Å². The van der Waals surface area contributed by atoms with Gasteiger partial charge in [-0.2, -0.15) is 0 Å². The number of furan rings is 1. The third-order valence-electron chi connectivity index (χ3n) is 4.07. The Kier molecular flexibility index (Phi) is 5.61. The minimum atomic E-state index is -0.277. The molecule has 0 spiro atoms. The Hall–Kier alpha value is -2.46. The number of carbonyl (C=O) groups is 1. The van der Waals surface area contributed by atoms with Crippen molar-refractivity contribution in [2.75, 3.05) is 7.05 Å². The van der Waals surface area contributed by atoms with Gasteiger partial charge in [0.25, 0.3) is 0 Å². The monoisotopic (exact) mass is 351 g/mol. The average molecular weight is 351 g/mol. The van der Waals surface area contributed by atoms with Gasteiger partial charge in [-0.05, 0) is 30.7 Å². The Morgan fingerprint density at radius 1 is 1.04 bits per heavy atom. The molecular formula is C21H21NO2S. The number of likely N-dealkylation sites (N-methyl/N-ethyl adjacent to an activating group) is 1. The van der Waals surface area contributed by atoms with Crippen LogP contribution in [0, 0.1) is 6.92 Å². The minimum absolute atomic E-state index is 0.0839. The van der Waals surface area contributed by atoms with E-state index in [1.165, 1.54) is 0 Å². The number of amides is 1. The second-order valence-corrected chi connectivity index (χ2v) is 7.10. The number of nitrogens with zero attached hydrogens (tertiary/aromatic N) is 1. The summed E-state index contributed by atoms with van der Waals surface area (Å²) in [6.45, 7) is 2.46. The number of aryl methyl sites for hydroxylation is 1. The first-order chi connectivity index (χ1) is 12.1. The van der Waals surface area contributed by atoms with Crippen LogP contribution in [0.5, 0.6) is 0 Å². The predicted octanol–water partition coefficient (Wildman–Crippen LogP) is 5.08. The summed E-state index contributed by atoms with van der Waals surface area (Å²) in [6.07, 6.45) is 1.66. The molecule has 0 N–H and O–H groups in total. The Bertz CT molecular complexity index is 814. The number of hydrogen-bond acceptors (Lipinski definition) is 3. The molecule has 1 atom stereocenters. The van der Waals surface area contributed by atoms with Crippen LogP contribution < -0.4 is 0 Å². The minimum Gasteiger partial charge on any atom is -0.469 e. The lowest BCUT2D eigenvalue weighted by molar-refractivity contribution is -0.129. The van der Waals surface area contributed by atoms with Gasteiger partial charge in [0.15, 0.2) is 0 Å². The summed E-state index contributed by atoms with van der Waals surface area (Å²) < 4.78 is 5.34. The van der Waals surface area contributed by atoms with Gasteiger partial charge in [0.05, 0.1) is 6.26 Å². The van der Waals surface area contributed by atoms with Crippen molar-refractivity contribution in [3.05, 3.63) is 89.9 Å². The summed E-state index contributed by atoms with van der Waals surface area (Å²) in [6, 6.07) is 21.9. The normalized spacial score (nSPS) is 11.9. The molecule has 1 aromatic heterocycles. The summed E-state index contributed by atoms with van der Waals surface area (Å²) in [5, 5.41) is -0.277. The van der Waals surface area contributed by atoms with Crippen molar-refractivity contribution >= 4 is 17.7 Å². The van der Waals surface area contributed by atoms with Gasteiger partial charge in [-0.25, -0.2) is 0 Å². The third-order valence-corrected chi connectivity index (χ3v) is 5.33. The highest BCUT2D eigenvalue weighted by Crippen LogP contribution is 2.36. The summed E-state index contributed by atoms with van der Waals surface area (Å²) in [5.41, 5.74) is 2.05. The van der Waals surface area contributed by atoms with E-state index in [0.717, 1.165) is 21.8 Å². The molecule has 1 heterocycles. The smallest absolute Gasteiger partial charge is 0.240 e. The van der Waals surface area contributed by atoms with E-state index >= 15 is 0 Å². The van der Waals surface area contributed by atoms with E-state index in [-0.39, 0.29) is 11.2 Å². The first kappa shape index (κ1) is 17.4. The van der Waals surface area contributed by atoms with Crippen LogP contribution in [0.3, 0.4) is 0 Å². The molecule has 0 unspecified atom stereocenters. The molecule has 25 heavy (non-hydrogen) atoms. The van der Waals surface area contributed by atoms with Crippen LogP contribution in [0.1, 0.15) is 22.1 Å². The number of hydrogen-bond donors (Lipinski definition) is 0. The average Bonchev–Trinajstić information content (AvgIpc) is 3.05. The van der Waals surface area contributed by atoms with E-state index in [2.05, 4.69) is 0 Å². The van der Waals surface area contributed by atoms with Crippen molar-refractivity contribution in [2.24, 2.45) is 0 Å². The van der Waals surface area contributed by atoms with Crippen LogP contribution in [0.25, 0.3) is 0 Å². The van der Waals surface area contributed by atoms with Gasteiger partial charge in [0.2, 0.25) is 5.91 Å². The number of thioether (sulfide) groups is 1. The molecule has 128 valence electrons. The molecule has 3 aromatic rings. The first-order valence-corrected chi connectivity index (χ1v) is 9.07. The molecule has 2 aromatic carbocycles. The van der Waals surface area contributed by atoms with Crippen molar-refractivity contribution in [1.29, 1.82) is 0 Å². The maximum absolute atomic E-state index is 13.2. The van der Waals surface area contributed by atoms with E-state index in [4.69, 9.17) is 4.42 Å². The standard InChI is InChI=1S/C21H21NO2S/c1-16-18(13-14-24-16)15-22(2)21(23)20(17-9-5-3-6-10-17)25-19-11-7-4-8-12-19/h3-14,20H,15H2,1-2H3/t20-/m0/s1. The Morgan fingerprint density at radius 3 is 2.28 bits per heavy atom. The molecule has 0 saturated heterocycles. The highest BCUT2D eigenvalue weighted by molar-refractivity contribution is 8.00. The highest BCUT2D eigenvalue weighted by atomic mass is 32.2. The van der Waals surface area contributed by atoms with E-state index in [1.807, 2.05) is 80.7 Å². The van der Waals surface area contributed by atoms with Crippen LogP contribution in [-0.2, 0) is 11.3 Å². The number of benzene rings is 2. The molecule has 3 nitrogen and oxygen atoms in total. The lowest BCUT2D eigenvalue weighted by Gasteiger charge is -2.24. The lowest BCUT2D eigenvalue weighted by atomic mass is 10.1. The van der Waals surface area contributed by atoms with E-state index in [1.54, 1.807) is 22.9 Å². The van der Waals surface area contributed by atoms with Crippen molar-refractivity contribution in [2.45, 2.75) is 23.6 Å². The fraction of sp³-hybridized carbons (Fsp3) is 0.190. The van der Waals surface area contributed by atoms with Crippen molar-refractivity contribution in [3.63, 3.8) is 0 Å². The van der Waals surface area contributed by atoms with E-state index in [0.29, 0.717) is 6.54 Å². The molecule has 1 amide bonds. The summed E-state index contributed by atoms with van der Waals surface area (Å²) in [4.78, 5) is 16.0. The van der Waals surface area contributed by atoms with Crippen molar-refractivity contribution in [1.82, 2.24) is 4.90 Å². The van der Waals surface area contributed by atoms with E-state index < -0.39 is 0 Å². The molecule has 3 rings (SSSR count). The second kappa shape index (κ2) is 8.08. The molecular weight excluding hydrogens is 330 g/mol. The quantitative estimate of drug-likeness (QED) is 0.581. The third kappa shape index (κ3) is 4.34. The largest absolute Gasteiger partial charge is 0.469 e. The zero-order valence-electron chi connectivity index (χ0n) is 14.4. The molecule has 4 heteroatoms. The van der Waals surface area contributed by atoms with Gasteiger partial charge in [0.1, 0.15) is 11.0 Å². The number of carbonyl (C=O) groups excluding carboxylic acids is 1. The highest BCUT2D eigenvalue weighted by Gasteiger charge is 2.25. The van der Waals surface area contributed by atoms with Crippen molar-refractivity contribution in [3.8, 4) is 0 Å². The van der Waals surface area contributed by atoms with Gasteiger partial charge in [-0.3, -0.25) is 4.79 Å². The molecule has 0 aliphatic heterocycles. The maximum atomic E-state index is 13.2. The predicted molar refractivity (Wildman–Crippen MR) is 101 cm³/mol. The molecule has 0 saturated carbocycles. The van der Waals surface area contributed by atoms with Crippen LogP contribution in [0.2, 0.25) is 0 Å². The maximum Gasteiger partial charge on any atom is 0.240 e. The SMILES string of the molecule is Cc1occc1CN(C)C(=O)[C@@H](Sc1ccccc1)c1ccccc1. The molecule has 0 radical (unpaired) electrons. The van der Waals surface area contributed by atoms with Crippen LogP contribution in [0.4, 0.5) is 0 Å². The first-order valence-electron chi connectivity index (χ1n) is 8.20. The Balaban J connectivity index is 1.83. The summed E-state index contributed by atoms with van der Waals surface area (Å²) in [7, 11) is 1.84. The lowest BCUT2D eigenvalue weighted by Crippen LogP contribution is -2.30. The van der Waals surface area contributed by atoms with Gasteiger partial charge >= 0.3 is 0 Å². The fourth-order valence-electron chi connectivity index (χ4n) is 2.63. The van der Waals surface area contributed by atoms with Crippen LogP contribution in [0.15, 0.2) is 82.3 Å². The Labute approximate surface area is 152 Å². The molecule has 0 aliphatic rings. The summed E-state index contributed by atoms with van der Waals surface area (Å²) >= 11 is 1.58. The molecule has 0 bridgehead atoms. The van der Waals surface area contributed by atoms with Crippen molar-refractivity contribution < 1.29 is 9.21 Å². The van der Waals surface area contributed by atoms with Gasteiger partial charge in [-0.15, -0.1) is 11.8 Å². The van der Waals surface area contributed by atoms with Gasteiger partial charge < -0.3 is 9.32 Å². The molecule has 0 fully saturated rings. The summed E-state index contributed by atoms with van der Waals surface area (Å²) in [5.74, 6) is 0.937. The Morgan fingerprint density at radius 2 is 1.68 bits per heavy atom. The van der Waals surface area contributed by atoms with Crippen LogP contribution in [-0.4, -0.2) is 17.9 Å². The van der Waals surface area contributed by atoms with Gasteiger partial charge in [0, 0.05) is 24.1 Å². The fourth-order valence-corrected chi connectivity index (χ4v) is 3.79. The zero-order valence-corrected chi connectivity index (χ0v) is 15.2.